The molecule has 0 fully saturated rings. The summed E-state index contributed by atoms with van der Waals surface area (Å²) in [5.74, 6) is -0.242. The number of nitrogens with zero attached hydrogens (tertiary/aromatic N) is 1. The van der Waals surface area contributed by atoms with Gasteiger partial charge in [0.2, 0.25) is 15.9 Å². The summed E-state index contributed by atoms with van der Waals surface area (Å²) in [4.78, 5) is 12.7. The third-order valence-electron chi connectivity index (χ3n) is 5.29. The lowest BCUT2D eigenvalue weighted by atomic mass is 10.1. The Morgan fingerprint density at radius 1 is 1.00 bits per heavy atom. The number of alkyl halides is 3. The summed E-state index contributed by atoms with van der Waals surface area (Å²) in [6.45, 7) is 1.12. The predicted octanol–water partition coefficient (Wildman–Crippen LogP) is 4.89. The molecule has 186 valence electrons. The van der Waals surface area contributed by atoms with Gasteiger partial charge in [-0.2, -0.15) is 17.5 Å². The summed E-state index contributed by atoms with van der Waals surface area (Å²) in [7, 11) is -2.63. The van der Waals surface area contributed by atoms with Crippen LogP contribution in [0, 0.1) is 6.92 Å². The number of hydrogen-bond acceptors (Lipinski definition) is 4. The Balaban J connectivity index is 1.85. The van der Waals surface area contributed by atoms with Crippen LogP contribution < -0.4 is 10.1 Å². The average molecular weight is 507 g/mol. The van der Waals surface area contributed by atoms with Gasteiger partial charge in [-0.05, 0) is 60.9 Å². The number of anilines is 1. The topological polar surface area (TPSA) is 75.7 Å². The Kier molecular flexibility index (Phi) is 8.18. The maximum absolute atomic E-state index is 13.4. The Labute approximate surface area is 202 Å². The molecule has 0 spiro atoms. The fourth-order valence-electron chi connectivity index (χ4n) is 3.48. The molecule has 0 unspecified atom stereocenters. The zero-order valence-corrected chi connectivity index (χ0v) is 20.0. The first-order chi connectivity index (χ1) is 16.5. The fraction of sp³-hybridized carbons (Fsp3) is 0.240. The van der Waals surface area contributed by atoms with Gasteiger partial charge in [-0.1, -0.05) is 36.4 Å². The van der Waals surface area contributed by atoms with Crippen LogP contribution in [0.3, 0.4) is 0 Å². The second kappa shape index (κ2) is 10.9. The van der Waals surface area contributed by atoms with Gasteiger partial charge in [0.1, 0.15) is 5.75 Å². The van der Waals surface area contributed by atoms with Crippen molar-refractivity contribution < 1.29 is 31.1 Å². The number of sulfonamides is 1. The van der Waals surface area contributed by atoms with E-state index in [4.69, 9.17) is 4.74 Å². The average Bonchev–Trinajstić information content (AvgIpc) is 2.81. The molecule has 0 atom stereocenters. The monoisotopic (exact) mass is 506 g/mol. The number of nitrogens with one attached hydrogen (secondary N) is 1. The molecule has 0 saturated heterocycles. The van der Waals surface area contributed by atoms with Crippen molar-refractivity contribution >= 4 is 21.6 Å². The number of carbonyl (C=O) groups is 1. The molecular formula is C25H25F3N2O4S. The number of rotatable bonds is 9. The molecule has 0 aromatic heterocycles. The lowest BCUT2D eigenvalue weighted by Crippen LogP contribution is -2.39. The minimum Gasteiger partial charge on any atom is -0.496 e. The molecule has 35 heavy (non-hydrogen) atoms. The summed E-state index contributed by atoms with van der Waals surface area (Å²) in [5, 5.41) is 2.37. The summed E-state index contributed by atoms with van der Waals surface area (Å²) >= 11 is 0. The van der Waals surface area contributed by atoms with Crippen LogP contribution in [0.5, 0.6) is 5.75 Å². The molecule has 3 rings (SSSR count). The molecule has 1 amide bonds. The van der Waals surface area contributed by atoms with Crippen LogP contribution in [-0.2, 0) is 27.4 Å². The molecule has 3 aromatic carbocycles. The Hall–Kier alpha value is -3.37. The normalized spacial score (nSPS) is 11.9. The van der Waals surface area contributed by atoms with Crippen molar-refractivity contribution in [3.05, 3.63) is 89.5 Å². The zero-order chi connectivity index (χ0) is 25.6. The maximum Gasteiger partial charge on any atom is 0.416 e. The van der Waals surface area contributed by atoms with Gasteiger partial charge in [0.05, 0.1) is 24.1 Å². The van der Waals surface area contributed by atoms with Crippen LogP contribution >= 0.6 is 0 Å². The van der Waals surface area contributed by atoms with E-state index in [1.807, 2.05) is 30.3 Å². The quantitative estimate of drug-likeness (QED) is 0.448. The van der Waals surface area contributed by atoms with E-state index < -0.39 is 34.2 Å². The van der Waals surface area contributed by atoms with Crippen LogP contribution in [0.1, 0.15) is 16.7 Å². The van der Waals surface area contributed by atoms with E-state index in [0.29, 0.717) is 17.7 Å². The smallest absolute Gasteiger partial charge is 0.416 e. The summed E-state index contributed by atoms with van der Waals surface area (Å²) < 4.78 is 72.1. The van der Waals surface area contributed by atoms with Crippen LogP contribution in [-0.4, -0.2) is 38.8 Å². The van der Waals surface area contributed by atoms with Gasteiger partial charge in [0.15, 0.2) is 0 Å². The number of aryl methyl sites for hydroxylation is 1. The van der Waals surface area contributed by atoms with E-state index in [1.165, 1.54) is 37.4 Å². The SMILES string of the molecule is COc1ccc(S(=O)(=O)N(CCc2ccccc2)CC(=O)Nc2cccc(C(F)(F)F)c2)cc1C. The summed E-state index contributed by atoms with van der Waals surface area (Å²) in [5.41, 5.74) is 0.477. The Bertz CT molecular complexity index is 1280. The first-order valence-corrected chi connectivity index (χ1v) is 12.1. The molecule has 0 saturated carbocycles. The summed E-state index contributed by atoms with van der Waals surface area (Å²) in [6, 6.07) is 17.7. The van der Waals surface area contributed by atoms with E-state index in [9.17, 15) is 26.4 Å². The lowest BCUT2D eigenvalue weighted by Gasteiger charge is -2.22. The highest BCUT2D eigenvalue weighted by Gasteiger charge is 2.31. The third-order valence-corrected chi connectivity index (χ3v) is 7.13. The number of ether oxygens (including phenoxy) is 1. The van der Waals surface area contributed by atoms with E-state index in [-0.39, 0.29) is 17.1 Å². The van der Waals surface area contributed by atoms with Crippen LogP contribution in [0.15, 0.2) is 77.7 Å². The first-order valence-electron chi connectivity index (χ1n) is 10.7. The van der Waals surface area contributed by atoms with Crippen molar-refractivity contribution in [1.82, 2.24) is 4.31 Å². The Morgan fingerprint density at radius 2 is 1.71 bits per heavy atom. The van der Waals surface area contributed by atoms with E-state index in [0.717, 1.165) is 22.0 Å². The largest absolute Gasteiger partial charge is 0.496 e. The minimum atomic E-state index is -4.57. The minimum absolute atomic E-state index is 0.00651. The van der Waals surface area contributed by atoms with E-state index in [1.54, 1.807) is 6.92 Å². The third kappa shape index (κ3) is 6.83. The van der Waals surface area contributed by atoms with E-state index in [2.05, 4.69) is 5.32 Å². The molecule has 3 aromatic rings. The molecule has 0 bridgehead atoms. The molecular weight excluding hydrogens is 481 g/mol. The summed E-state index contributed by atoms with van der Waals surface area (Å²) in [6.07, 6.45) is -4.23. The molecule has 0 aliphatic carbocycles. The molecule has 0 aliphatic heterocycles. The fourth-order valence-corrected chi connectivity index (χ4v) is 4.96. The Morgan fingerprint density at radius 3 is 2.34 bits per heavy atom. The van der Waals surface area contributed by atoms with Crippen molar-refractivity contribution in [2.45, 2.75) is 24.4 Å². The lowest BCUT2D eigenvalue weighted by molar-refractivity contribution is -0.137. The van der Waals surface area contributed by atoms with Gasteiger partial charge in [0.25, 0.3) is 0 Å². The highest BCUT2D eigenvalue weighted by molar-refractivity contribution is 7.89. The van der Waals surface area contributed by atoms with Crippen LogP contribution in [0.25, 0.3) is 0 Å². The second-order valence-corrected chi connectivity index (χ2v) is 9.77. The van der Waals surface area contributed by atoms with Gasteiger partial charge < -0.3 is 10.1 Å². The molecule has 1 N–H and O–H groups in total. The number of benzene rings is 3. The zero-order valence-electron chi connectivity index (χ0n) is 19.2. The number of carbonyl (C=O) groups excluding carboxylic acids is 1. The van der Waals surface area contributed by atoms with Crippen molar-refractivity contribution in [1.29, 1.82) is 0 Å². The standard InChI is InChI=1S/C25H25F3N2O4S/c1-18-15-22(11-12-23(18)34-2)35(32,33)30(14-13-19-7-4-3-5-8-19)17-24(31)29-21-10-6-9-20(16-21)25(26,27)28/h3-12,15-16H,13-14,17H2,1-2H3,(H,29,31). The number of hydrogen-bond donors (Lipinski definition) is 1. The number of halogens is 3. The van der Waals surface area contributed by atoms with Crippen LogP contribution in [0.2, 0.25) is 0 Å². The highest BCUT2D eigenvalue weighted by atomic mass is 32.2. The van der Waals surface area contributed by atoms with Crippen molar-refractivity contribution in [2.24, 2.45) is 0 Å². The van der Waals surface area contributed by atoms with Gasteiger partial charge in [-0.3, -0.25) is 4.79 Å². The number of amides is 1. The van der Waals surface area contributed by atoms with Gasteiger partial charge in [-0.25, -0.2) is 8.42 Å². The van der Waals surface area contributed by atoms with Gasteiger partial charge in [-0.15, -0.1) is 0 Å². The van der Waals surface area contributed by atoms with Crippen molar-refractivity contribution in [3.63, 3.8) is 0 Å². The molecule has 6 nitrogen and oxygen atoms in total. The molecule has 0 aliphatic rings. The predicted molar refractivity (Wildman–Crippen MR) is 127 cm³/mol. The first kappa shape index (κ1) is 26.2. The highest BCUT2D eigenvalue weighted by Crippen LogP contribution is 2.30. The molecule has 0 radical (unpaired) electrons. The molecule has 10 heteroatoms. The second-order valence-electron chi connectivity index (χ2n) is 7.83. The van der Waals surface area contributed by atoms with Gasteiger partial charge >= 0.3 is 6.18 Å². The van der Waals surface area contributed by atoms with Crippen LogP contribution in [0.4, 0.5) is 18.9 Å². The van der Waals surface area contributed by atoms with Crippen molar-refractivity contribution in [3.8, 4) is 5.75 Å². The van der Waals surface area contributed by atoms with Crippen molar-refractivity contribution in [2.75, 3.05) is 25.5 Å². The molecule has 0 heterocycles. The van der Waals surface area contributed by atoms with Gasteiger partial charge in [0, 0.05) is 12.2 Å². The number of methoxy groups -OCH3 is 1. The van der Waals surface area contributed by atoms with E-state index >= 15 is 0 Å². The maximum atomic E-state index is 13.4.